The van der Waals surface area contributed by atoms with Crippen LogP contribution in [0.1, 0.15) is 18.4 Å². The molecule has 8 nitrogen and oxygen atoms in total. The molecule has 0 aliphatic heterocycles. The molecule has 0 spiro atoms. The van der Waals surface area contributed by atoms with Crippen molar-refractivity contribution in [3.63, 3.8) is 0 Å². The molecule has 0 heterocycles. The van der Waals surface area contributed by atoms with Gasteiger partial charge in [0.05, 0.1) is 13.5 Å². The largest absolute Gasteiger partial charge is 0.497 e. The first kappa shape index (κ1) is 24.3. The van der Waals surface area contributed by atoms with Crippen LogP contribution in [0.5, 0.6) is 17.2 Å². The second-order valence-electron chi connectivity index (χ2n) is 7.43. The standard InChI is InChI=1S/C26H26N2O6/c1-18-3-5-19(6-4-18)28-25(30)17-33-26(31)16-15-24(29)27-20-7-9-22(10-8-20)34-23-13-11-21(32-2)12-14-23/h3-14H,15-17H2,1-2H3,(H,27,29)(H,28,30). The molecular formula is C26H26N2O6. The molecule has 0 aromatic heterocycles. The normalized spacial score (nSPS) is 10.2. The summed E-state index contributed by atoms with van der Waals surface area (Å²) in [7, 11) is 1.60. The van der Waals surface area contributed by atoms with Crippen LogP contribution >= 0.6 is 0 Å². The number of hydrogen-bond donors (Lipinski definition) is 2. The monoisotopic (exact) mass is 462 g/mol. The van der Waals surface area contributed by atoms with Gasteiger partial charge in [0.2, 0.25) is 5.91 Å². The maximum Gasteiger partial charge on any atom is 0.306 e. The molecule has 0 fully saturated rings. The Bertz CT molecular complexity index is 1110. The van der Waals surface area contributed by atoms with E-state index in [1.807, 2.05) is 19.1 Å². The van der Waals surface area contributed by atoms with Gasteiger partial charge in [0.1, 0.15) is 17.2 Å². The van der Waals surface area contributed by atoms with E-state index in [9.17, 15) is 14.4 Å². The van der Waals surface area contributed by atoms with Gasteiger partial charge in [-0.25, -0.2) is 0 Å². The summed E-state index contributed by atoms with van der Waals surface area (Å²) in [5, 5.41) is 5.34. The van der Waals surface area contributed by atoms with Crippen molar-refractivity contribution >= 4 is 29.2 Å². The first-order chi connectivity index (χ1) is 16.4. The van der Waals surface area contributed by atoms with Gasteiger partial charge in [-0.2, -0.15) is 0 Å². The summed E-state index contributed by atoms with van der Waals surface area (Å²) >= 11 is 0. The number of rotatable bonds is 10. The van der Waals surface area contributed by atoms with Crippen molar-refractivity contribution in [2.75, 3.05) is 24.4 Å². The molecule has 0 aliphatic rings. The fourth-order valence-corrected chi connectivity index (χ4v) is 2.88. The Kier molecular flexibility index (Phi) is 8.62. The van der Waals surface area contributed by atoms with E-state index >= 15 is 0 Å². The Morgan fingerprint density at radius 3 is 1.76 bits per heavy atom. The lowest BCUT2D eigenvalue weighted by molar-refractivity contribution is -0.147. The van der Waals surface area contributed by atoms with Crippen molar-refractivity contribution in [3.05, 3.63) is 78.4 Å². The zero-order valence-electron chi connectivity index (χ0n) is 19.0. The van der Waals surface area contributed by atoms with Gasteiger partial charge in [0, 0.05) is 17.8 Å². The van der Waals surface area contributed by atoms with Gasteiger partial charge in [-0.15, -0.1) is 0 Å². The second kappa shape index (κ2) is 12.1. The quantitative estimate of drug-likeness (QED) is 0.424. The van der Waals surface area contributed by atoms with Crippen LogP contribution in [0.2, 0.25) is 0 Å². The van der Waals surface area contributed by atoms with Crippen LogP contribution in [0.4, 0.5) is 11.4 Å². The number of amides is 2. The van der Waals surface area contributed by atoms with Crippen molar-refractivity contribution in [3.8, 4) is 17.2 Å². The van der Waals surface area contributed by atoms with Crippen molar-refractivity contribution in [2.24, 2.45) is 0 Å². The van der Waals surface area contributed by atoms with Crippen LogP contribution in [0.3, 0.4) is 0 Å². The number of ether oxygens (including phenoxy) is 3. The van der Waals surface area contributed by atoms with Crippen LogP contribution in [-0.4, -0.2) is 31.5 Å². The van der Waals surface area contributed by atoms with Crippen LogP contribution in [0, 0.1) is 6.92 Å². The summed E-state index contributed by atoms with van der Waals surface area (Å²) in [5.41, 5.74) is 2.25. The lowest BCUT2D eigenvalue weighted by atomic mass is 10.2. The number of methoxy groups -OCH3 is 1. The fourth-order valence-electron chi connectivity index (χ4n) is 2.88. The van der Waals surface area contributed by atoms with Gasteiger partial charge in [0.25, 0.3) is 5.91 Å². The van der Waals surface area contributed by atoms with E-state index in [-0.39, 0.29) is 18.7 Å². The number of benzene rings is 3. The van der Waals surface area contributed by atoms with E-state index in [1.54, 1.807) is 67.8 Å². The molecule has 34 heavy (non-hydrogen) atoms. The molecule has 0 aliphatic carbocycles. The SMILES string of the molecule is COc1ccc(Oc2ccc(NC(=O)CCC(=O)OCC(=O)Nc3ccc(C)cc3)cc2)cc1. The molecule has 3 rings (SSSR count). The molecule has 0 atom stereocenters. The number of carbonyl (C=O) groups is 3. The maximum absolute atomic E-state index is 12.1. The summed E-state index contributed by atoms with van der Waals surface area (Å²) in [4.78, 5) is 35.8. The number of nitrogens with one attached hydrogen (secondary N) is 2. The Morgan fingerprint density at radius 2 is 1.18 bits per heavy atom. The minimum absolute atomic E-state index is 0.0670. The summed E-state index contributed by atoms with van der Waals surface area (Å²) in [6.07, 6.45) is -0.204. The Hall–Kier alpha value is -4.33. The second-order valence-corrected chi connectivity index (χ2v) is 7.43. The average molecular weight is 463 g/mol. The van der Waals surface area contributed by atoms with Gasteiger partial charge >= 0.3 is 5.97 Å². The van der Waals surface area contributed by atoms with Crippen molar-refractivity contribution in [1.82, 2.24) is 0 Å². The van der Waals surface area contributed by atoms with Gasteiger partial charge in [-0.3, -0.25) is 14.4 Å². The third-order valence-electron chi connectivity index (χ3n) is 4.69. The lowest BCUT2D eigenvalue weighted by Gasteiger charge is -2.09. The van der Waals surface area contributed by atoms with E-state index < -0.39 is 18.5 Å². The average Bonchev–Trinajstić information content (AvgIpc) is 2.84. The first-order valence-electron chi connectivity index (χ1n) is 10.7. The molecule has 3 aromatic rings. The first-order valence-corrected chi connectivity index (χ1v) is 10.7. The molecule has 0 unspecified atom stereocenters. The smallest absolute Gasteiger partial charge is 0.306 e. The van der Waals surface area contributed by atoms with E-state index in [2.05, 4.69) is 10.6 Å². The Balaban J connectivity index is 1.36. The fraction of sp³-hybridized carbons (Fsp3) is 0.192. The lowest BCUT2D eigenvalue weighted by Crippen LogP contribution is -2.21. The van der Waals surface area contributed by atoms with Crippen LogP contribution in [0.25, 0.3) is 0 Å². The van der Waals surface area contributed by atoms with Crippen molar-refractivity contribution < 1.29 is 28.6 Å². The van der Waals surface area contributed by atoms with Gasteiger partial charge in [0.15, 0.2) is 6.61 Å². The highest BCUT2D eigenvalue weighted by molar-refractivity contribution is 5.94. The highest BCUT2D eigenvalue weighted by atomic mass is 16.5. The summed E-state index contributed by atoms with van der Waals surface area (Å²) in [6.45, 7) is 1.53. The molecule has 2 amide bonds. The predicted molar refractivity (Wildman–Crippen MR) is 128 cm³/mol. The zero-order valence-corrected chi connectivity index (χ0v) is 19.0. The molecule has 2 N–H and O–H groups in total. The Labute approximate surface area is 197 Å². The van der Waals surface area contributed by atoms with Crippen LogP contribution in [0.15, 0.2) is 72.8 Å². The van der Waals surface area contributed by atoms with E-state index in [4.69, 9.17) is 14.2 Å². The molecule has 3 aromatic carbocycles. The molecule has 0 saturated heterocycles. The van der Waals surface area contributed by atoms with E-state index in [0.29, 0.717) is 22.9 Å². The van der Waals surface area contributed by atoms with Crippen LogP contribution < -0.4 is 20.1 Å². The highest BCUT2D eigenvalue weighted by Gasteiger charge is 2.11. The number of carbonyl (C=O) groups excluding carboxylic acids is 3. The van der Waals surface area contributed by atoms with Gasteiger partial charge in [-0.1, -0.05) is 17.7 Å². The molecule has 0 bridgehead atoms. The third kappa shape index (κ3) is 7.98. The Morgan fingerprint density at radius 1 is 0.676 bits per heavy atom. The number of hydrogen-bond acceptors (Lipinski definition) is 6. The van der Waals surface area contributed by atoms with E-state index in [1.165, 1.54) is 0 Å². The number of esters is 1. The topological polar surface area (TPSA) is 103 Å². The van der Waals surface area contributed by atoms with Gasteiger partial charge < -0.3 is 24.8 Å². The van der Waals surface area contributed by atoms with E-state index in [0.717, 1.165) is 11.3 Å². The summed E-state index contributed by atoms with van der Waals surface area (Å²) in [5.74, 6) is 0.583. The molecule has 8 heteroatoms. The number of anilines is 2. The molecular weight excluding hydrogens is 436 g/mol. The maximum atomic E-state index is 12.1. The van der Waals surface area contributed by atoms with Crippen LogP contribution in [-0.2, 0) is 19.1 Å². The minimum atomic E-state index is -0.627. The highest BCUT2D eigenvalue weighted by Crippen LogP contribution is 2.25. The minimum Gasteiger partial charge on any atom is -0.497 e. The molecule has 0 radical (unpaired) electrons. The zero-order chi connectivity index (χ0) is 24.3. The molecule has 0 saturated carbocycles. The van der Waals surface area contributed by atoms with Gasteiger partial charge in [-0.05, 0) is 67.6 Å². The predicted octanol–water partition coefficient (Wildman–Crippen LogP) is 4.70. The van der Waals surface area contributed by atoms with Crippen molar-refractivity contribution in [2.45, 2.75) is 19.8 Å². The molecule has 176 valence electrons. The third-order valence-corrected chi connectivity index (χ3v) is 4.69. The summed E-state index contributed by atoms with van der Waals surface area (Å²) < 4.78 is 15.8. The summed E-state index contributed by atoms with van der Waals surface area (Å²) in [6, 6.07) is 21.3. The van der Waals surface area contributed by atoms with Crippen molar-refractivity contribution in [1.29, 1.82) is 0 Å². The number of aryl methyl sites for hydroxylation is 1.